The molecule has 0 aliphatic carbocycles. The molecular formula is C15H17N. The lowest BCUT2D eigenvalue weighted by molar-refractivity contribution is 0.895. The largest absolute Gasteiger partial charge is 0.344 e. The maximum atomic E-state index is 4.16. The van der Waals surface area contributed by atoms with Crippen LogP contribution in [-0.2, 0) is 7.05 Å². The number of aryl methyl sites for hydroxylation is 1. The lowest BCUT2D eigenvalue weighted by Crippen LogP contribution is -1.99. The summed E-state index contributed by atoms with van der Waals surface area (Å²) in [5, 5.41) is 1.26. The fourth-order valence-corrected chi connectivity index (χ4v) is 1.97. The Morgan fingerprint density at radius 3 is 2.69 bits per heavy atom. The van der Waals surface area contributed by atoms with Crippen LogP contribution in [0.4, 0.5) is 0 Å². The fraction of sp³-hybridized carbons (Fsp3) is 0.200. The van der Waals surface area contributed by atoms with Crippen molar-refractivity contribution in [2.24, 2.45) is 13.0 Å². The number of allylic oxidation sites excluding steroid dienone is 2. The van der Waals surface area contributed by atoms with E-state index >= 15 is 0 Å². The van der Waals surface area contributed by atoms with Gasteiger partial charge in [0, 0.05) is 29.6 Å². The molecule has 2 rings (SSSR count). The summed E-state index contributed by atoms with van der Waals surface area (Å²) in [6.07, 6.45) is 1.93. The van der Waals surface area contributed by atoms with Gasteiger partial charge in [0.25, 0.3) is 0 Å². The number of fused-ring (bicyclic) bond motifs is 1. The summed E-state index contributed by atoms with van der Waals surface area (Å²) in [6.45, 7) is 10.1. The summed E-state index contributed by atoms with van der Waals surface area (Å²) in [4.78, 5) is 0. The number of hydrogen-bond donors (Lipinski definition) is 0. The van der Waals surface area contributed by atoms with Crippen molar-refractivity contribution in [2.75, 3.05) is 0 Å². The zero-order chi connectivity index (χ0) is 11.7. The van der Waals surface area contributed by atoms with Crippen LogP contribution in [0.5, 0.6) is 0 Å². The van der Waals surface area contributed by atoms with E-state index in [2.05, 4.69) is 62.0 Å². The molecule has 0 spiro atoms. The molecule has 16 heavy (non-hydrogen) atoms. The molecule has 82 valence electrons. The standard InChI is InChI=1S/C15H17N/c1-5-11(2)12(3)15-10-13-8-6-7-9-14(13)16(15)4/h5-11H,1,3H2,2,4H3. The number of para-hydroxylation sites is 1. The molecule has 1 nitrogen and oxygen atoms in total. The second kappa shape index (κ2) is 4.01. The van der Waals surface area contributed by atoms with Crippen LogP contribution in [-0.4, -0.2) is 4.57 Å². The Morgan fingerprint density at radius 2 is 2.06 bits per heavy atom. The van der Waals surface area contributed by atoms with E-state index in [9.17, 15) is 0 Å². The topological polar surface area (TPSA) is 4.93 Å². The molecule has 1 aromatic heterocycles. The first kappa shape index (κ1) is 10.7. The molecule has 0 bridgehead atoms. The molecule has 0 aliphatic rings. The molecule has 0 radical (unpaired) electrons. The van der Waals surface area contributed by atoms with Gasteiger partial charge in [0.2, 0.25) is 0 Å². The molecule has 0 saturated carbocycles. The zero-order valence-electron chi connectivity index (χ0n) is 9.90. The van der Waals surface area contributed by atoms with E-state index in [-0.39, 0.29) is 0 Å². The van der Waals surface area contributed by atoms with Crippen LogP contribution in [0.2, 0.25) is 0 Å². The Kier molecular flexibility index (Phi) is 2.69. The quantitative estimate of drug-likeness (QED) is 0.676. The van der Waals surface area contributed by atoms with Gasteiger partial charge in [0.05, 0.1) is 0 Å². The first-order valence-corrected chi connectivity index (χ1v) is 5.51. The van der Waals surface area contributed by atoms with Crippen molar-refractivity contribution in [2.45, 2.75) is 6.92 Å². The van der Waals surface area contributed by atoms with Gasteiger partial charge in [-0.1, -0.05) is 37.8 Å². The Balaban J connectivity index is 2.57. The van der Waals surface area contributed by atoms with E-state index in [1.54, 1.807) is 0 Å². The normalized spacial score (nSPS) is 12.6. The van der Waals surface area contributed by atoms with Gasteiger partial charge < -0.3 is 4.57 Å². The highest BCUT2D eigenvalue weighted by Crippen LogP contribution is 2.27. The number of hydrogen-bond acceptors (Lipinski definition) is 0. The van der Waals surface area contributed by atoms with Crippen molar-refractivity contribution in [1.82, 2.24) is 4.57 Å². The van der Waals surface area contributed by atoms with Crippen molar-refractivity contribution in [3.05, 3.63) is 55.3 Å². The Hall–Kier alpha value is -1.76. The second-order valence-electron chi connectivity index (χ2n) is 4.20. The SMILES string of the molecule is C=CC(C)C(=C)c1cc2ccccc2n1C. The second-order valence-corrected chi connectivity index (χ2v) is 4.20. The highest BCUT2D eigenvalue weighted by atomic mass is 14.9. The molecule has 0 N–H and O–H groups in total. The highest BCUT2D eigenvalue weighted by molar-refractivity contribution is 5.85. The average molecular weight is 211 g/mol. The Morgan fingerprint density at radius 1 is 1.38 bits per heavy atom. The summed E-state index contributed by atoms with van der Waals surface area (Å²) in [6, 6.07) is 10.6. The third-order valence-corrected chi connectivity index (χ3v) is 3.18. The van der Waals surface area contributed by atoms with Crippen LogP contribution >= 0.6 is 0 Å². The highest BCUT2D eigenvalue weighted by Gasteiger charge is 2.11. The molecule has 1 unspecified atom stereocenters. The van der Waals surface area contributed by atoms with Crippen LogP contribution in [0.3, 0.4) is 0 Å². The smallest absolute Gasteiger partial charge is 0.0482 e. The molecular weight excluding hydrogens is 194 g/mol. The summed E-state index contributed by atoms with van der Waals surface area (Å²) in [7, 11) is 2.08. The third kappa shape index (κ3) is 1.58. The van der Waals surface area contributed by atoms with Crippen molar-refractivity contribution in [3.8, 4) is 0 Å². The molecule has 1 heteroatoms. The number of rotatable bonds is 3. The van der Waals surface area contributed by atoms with E-state index in [0.29, 0.717) is 5.92 Å². The predicted molar refractivity (Wildman–Crippen MR) is 71.3 cm³/mol. The molecule has 2 aromatic rings. The van der Waals surface area contributed by atoms with Crippen LogP contribution in [0.1, 0.15) is 12.6 Å². The minimum atomic E-state index is 0.308. The van der Waals surface area contributed by atoms with Gasteiger partial charge in [-0.2, -0.15) is 0 Å². The summed E-state index contributed by atoms with van der Waals surface area (Å²) in [5.41, 5.74) is 3.55. The van der Waals surface area contributed by atoms with E-state index in [0.717, 1.165) is 5.57 Å². The van der Waals surface area contributed by atoms with Crippen LogP contribution < -0.4 is 0 Å². The summed E-state index contributed by atoms with van der Waals surface area (Å²) in [5.74, 6) is 0.308. The number of nitrogens with zero attached hydrogens (tertiary/aromatic N) is 1. The van der Waals surface area contributed by atoms with Gasteiger partial charge in [-0.05, 0) is 17.7 Å². The fourth-order valence-electron chi connectivity index (χ4n) is 1.97. The van der Waals surface area contributed by atoms with Gasteiger partial charge in [0.1, 0.15) is 0 Å². The lowest BCUT2D eigenvalue weighted by atomic mass is 10.00. The lowest BCUT2D eigenvalue weighted by Gasteiger charge is -2.11. The van der Waals surface area contributed by atoms with Crippen LogP contribution in [0.15, 0.2) is 49.6 Å². The van der Waals surface area contributed by atoms with E-state index in [1.165, 1.54) is 16.6 Å². The van der Waals surface area contributed by atoms with E-state index < -0.39 is 0 Å². The van der Waals surface area contributed by atoms with Gasteiger partial charge >= 0.3 is 0 Å². The Bertz CT molecular complexity index is 546. The summed E-state index contributed by atoms with van der Waals surface area (Å²) < 4.78 is 2.19. The zero-order valence-corrected chi connectivity index (χ0v) is 9.90. The van der Waals surface area contributed by atoms with Crippen LogP contribution in [0, 0.1) is 5.92 Å². The minimum Gasteiger partial charge on any atom is -0.344 e. The first-order valence-electron chi connectivity index (χ1n) is 5.51. The maximum absolute atomic E-state index is 4.16. The van der Waals surface area contributed by atoms with Crippen molar-refractivity contribution < 1.29 is 0 Å². The van der Waals surface area contributed by atoms with E-state index in [1.807, 2.05) is 6.08 Å². The summed E-state index contributed by atoms with van der Waals surface area (Å²) >= 11 is 0. The third-order valence-electron chi connectivity index (χ3n) is 3.18. The minimum absolute atomic E-state index is 0.308. The van der Waals surface area contributed by atoms with Crippen molar-refractivity contribution in [3.63, 3.8) is 0 Å². The molecule has 1 atom stereocenters. The van der Waals surface area contributed by atoms with Gasteiger partial charge in [0.15, 0.2) is 0 Å². The molecule has 0 aliphatic heterocycles. The molecule has 1 aromatic carbocycles. The molecule has 1 heterocycles. The van der Waals surface area contributed by atoms with Gasteiger partial charge in [-0.15, -0.1) is 6.58 Å². The van der Waals surface area contributed by atoms with Crippen LogP contribution in [0.25, 0.3) is 16.5 Å². The van der Waals surface area contributed by atoms with Crippen molar-refractivity contribution in [1.29, 1.82) is 0 Å². The monoisotopic (exact) mass is 211 g/mol. The number of benzene rings is 1. The number of aromatic nitrogens is 1. The predicted octanol–water partition coefficient (Wildman–Crippen LogP) is 4.01. The van der Waals surface area contributed by atoms with Gasteiger partial charge in [-0.3, -0.25) is 0 Å². The van der Waals surface area contributed by atoms with Crippen molar-refractivity contribution >= 4 is 16.5 Å². The molecule has 0 amide bonds. The first-order chi connectivity index (χ1) is 7.65. The maximum Gasteiger partial charge on any atom is 0.0482 e. The van der Waals surface area contributed by atoms with E-state index in [4.69, 9.17) is 0 Å². The Labute approximate surface area is 96.7 Å². The molecule has 0 saturated heterocycles. The average Bonchev–Trinajstić information content (AvgIpc) is 2.65. The van der Waals surface area contributed by atoms with Gasteiger partial charge in [-0.25, -0.2) is 0 Å². The molecule has 0 fully saturated rings.